The van der Waals surface area contributed by atoms with E-state index in [1.54, 1.807) is 22.4 Å². The molecule has 0 spiro atoms. The molecule has 2 amide bonds. The van der Waals surface area contributed by atoms with Crippen LogP contribution in [0.5, 0.6) is 0 Å². The molecule has 0 bridgehead atoms. The van der Waals surface area contributed by atoms with Gasteiger partial charge in [-0.15, -0.1) is 11.3 Å². The molecule has 148 valence electrons. The fraction of sp³-hybridized carbons (Fsp3) is 0.550. The highest BCUT2D eigenvalue weighted by atomic mass is 32.1. The Morgan fingerprint density at radius 3 is 2.68 bits per heavy atom. The van der Waals surface area contributed by atoms with Gasteiger partial charge in [-0.3, -0.25) is 9.59 Å². The summed E-state index contributed by atoms with van der Waals surface area (Å²) < 4.78 is 0. The minimum atomic E-state index is 0.0705. The van der Waals surface area contributed by atoms with E-state index in [2.05, 4.69) is 9.97 Å². The zero-order valence-electron chi connectivity index (χ0n) is 16.3. The van der Waals surface area contributed by atoms with E-state index in [0.717, 1.165) is 59.4 Å². The van der Waals surface area contributed by atoms with Gasteiger partial charge in [0.2, 0.25) is 11.8 Å². The van der Waals surface area contributed by atoms with Crippen LogP contribution in [-0.4, -0.2) is 62.7 Å². The maximum absolute atomic E-state index is 12.5. The van der Waals surface area contributed by atoms with Crippen molar-refractivity contribution in [3.05, 3.63) is 28.8 Å². The second kappa shape index (κ2) is 7.95. The van der Waals surface area contributed by atoms with Gasteiger partial charge in [0.25, 0.3) is 0 Å². The molecular weight excluding hydrogens is 374 g/mol. The van der Waals surface area contributed by atoms with Crippen LogP contribution in [0, 0.1) is 13.8 Å². The van der Waals surface area contributed by atoms with E-state index in [4.69, 9.17) is 4.98 Å². The Morgan fingerprint density at radius 1 is 1.21 bits per heavy atom. The van der Waals surface area contributed by atoms with Crippen molar-refractivity contribution < 1.29 is 9.59 Å². The smallest absolute Gasteiger partial charge is 0.242 e. The summed E-state index contributed by atoms with van der Waals surface area (Å²) in [7, 11) is 0. The van der Waals surface area contributed by atoms with Gasteiger partial charge in [-0.25, -0.2) is 15.0 Å². The first-order valence-corrected chi connectivity index (χ1v) is 10.7. The zero-order chi connectivity index (χ0) is 19.7. The van der Waals surface area contributed by atoms with Crippen molar-refractivity contribution in [3.63, 3.8) is 0 Å². The number of aromatic nitrogens is 3. The summed E-state index contributed by atoms with van der Waals surface area (Å²) >= 11 is 1.71. The lowest BCUT2D eigenvalue weighted by atomic mass is 9.97. The largest absolute Gasteiger partial charge is 0.341 e. The maximum atomic E-state index is 12.5. The van der Waals surface area contributed by atoms with Gasteiger partial charge in [0.15, 0.2) is 0 Å². The molecule has 2 aromatic rings. The Balaban J connectivity index is 1.38. The first-order chi connectivity index (χ1) is 13.5. The molecule has 0 atom stereocenters. The molecule has 2 saturated heterocycles. The van der Waals surface area contributed by atoms with Gasteiger partial charge >= 0.3 is 0 Å². The van der Waals surface area contributed by atoms with Crippen molar-refractivity contribution in [1.82, 2.24) is 24.8 Å². The van der Waals surface area contributed by atoms with Crippen LogP contribution in [0.15, 0.2) is 12.3 Å². The van der Waals surface area contributed by atoms with Gasteiger partial charge in [0.1, 0.15) is 5.82 Å². The zero-order valence-corrected chi connectivity index (χ0v) is 17.2. The van der Waals surface area contributed by atoms with E-state index in [0.29, 0.717) is 18.9 Å². The Hall–Kier alpha value is -2.35. The van der Waals surface area contributed by atoms with Crippen LogP contribution in [0.25, 0.3) is 10.6 Å². The van der Waals surface area contributed by atoms with Crippen molar-refractivity contribution in [3.8, 4) is 10.6 Å². The van der Waals surface area contributed by atoms with Crippen molar-refractivity contribution in [2.75, 3.05) is 26.2 Å². The number of rotatable bonds is 4. The summed E-state index contributed by atoms with van der Waals surface area (Å²) in [5.74, 6) is 1.31. The quantitative estimate of drug-likeness (QED) is 0.789. The molecule has 4 rings (SSSR count). The molecule has 0 unspecified atom stereocenters. The third kappa shape index (κ3) is 3.92. The van der Waals surface area contributed by atoms with Crippen LogP contribution < -0.4 is 0 Å². The molecule has 2 aromatic heterocycles. The minimum Gasteiger partial charge on any atom is -0.341 e. The molecule has 8 heteroatoms. The first kappa shape index (κ1) is 19.0. The highest BCUT2D eigenvalue weighted by Crippen LogP contribution is 2.36. The van der Waals surface area contributed by atoms with Gasteiger partial charge in [0.05, 0.1) is 27.8 Å². The van der Waals surface area contributed by atoms with Crippen molar-refractivity contribution in [1.29, 1.82) is 0 Å². The average Bonchev–Trinajstić information content (AvgIpc) is 3.27. The highest BCUT2D eigenvalue weighted by Gasteiger charge is 2.29. The SMILES string of the molecule is Cc1nccc(-c2sc(C3CCN(C(=O)CN4CCCC4=O)CC3)nc2C)n1. The Bertz CT molecular complexity index is 888. The van der Waals surface area contributed by atoms with Gasteiger partial charge in [-0.1, -0.05) is 0 Å². The van der Waals surface area contributed by atoms with E-state index in [9.17, 15) is 9.59 Å². The number of hydrogen-bond acceptors (Lipinski definition) is 6. The molecule has 0 saturated carbocycles. The fourth-order valence-electron chi connectivity index (χ4n) is 3.92. The number of aryl methyl sites for hydroxylation is 2. The Kier molecular flexibility index (Phi) is 5.39. The maximum Gasteiger partial charge on any atom is 0.242 e. The number of thiazole rings is 1. The Morgan fingerprint density at radius 2 is 2.00 bits per heavy atom. The first-order valence-electron chi connectivity index (χ1n) is 9.84. The monoisotopic (exact) mass is 399 g/mol. The van der Waals surface area contributed by atoms with Gasteiger partial charge in [0, 0.05) is 38.2 Å². The molecule has 7 nitrogen and oxygen atoms in total. The van der Waals surface area contributed by atoms with Crippen LogP contribution >= 0.6 is 11.3 Å². The van der Waals surface area contributed by atoms with Crippen molar-refractivity contribution >= 4 is 23.2 Å². The lowest BCUT2D eigenvalue weighted by molar-refractivity contribution is -0.139. The van der Waals surface area contributed by atoms with Crippen LogP contribution in [0.3, 0.4) is 0 Å². The van der Waals surface area contributed by atoms with Crippen LogP contribution in [0.4, 0.5) is 0 Å². The average molecular weight is 400 g/mol. The van der Waals surface area contributed by atoms with Gasteiger partial charge in [-0.2, -0.15) is 0 Å². The third-order valence-electron chi connectivity index (χ3n) is 5.52. The molecule has 28 heavy (non-hydrogen) atoms. The molecule has 4 heterocycles. The second-order valence-electron chi connectivity index (χ2n) is 7.53. The second-order valence-corrected chi connectivity index (χ2v) is 8.56. The molecule has 0 radical (unpaired) electrons. The number of nitrogens with zero attached hydrogens (tertiary/aromatic N) is 5. The number of amides is 2. The summed E-state index contributed by atoms with van der Waals surface area (Å²) in [6.07, 6.45) is 5.05. The van der Waals surface area contributed by atoms with Gasteiger partial charge in [-0.05, 0) is 39.2 Å². The van der Waals surface area contributed by atoms with E-state index in [1.165, 1.54) is 0 Å². The number of piperidine rings is 1. The van der Waals surface area contributed by atoms with Crippen LogP contribution in [0.2, 0.25) is 0 Å². The molecular formula is C20H25N5O2S. The lowest BCUT2D eigenvalue weighted by Gasteiger charge is -2.32. The van der Waals surface area contributed by atoms with Crippen LogP contribution in [0.1, 0.15) is 48.1 Å². The topological polar surface area (TPSA) is 79.3 Å². The summed E-state index contributed by atoms with van der Waals surface area (Å²) in [6.45, 7) is 6.32. The number of hydrogen-bond donors (Lipinski definition) is 0. The molecule has 2 aliphatic heterocycles. The molecule has 0 N–H and O–H groups in total. The predicted octanol–water partition coefficient (Wildman–Crippen LogP) is 2.55. The van der Waals surface area contributed by atoms with Crippen molar-refractivity contribution in [2.45, 2.75) is 45.4 Å². The van der Waals surface area contributed by atoms with Crippen molar-refractivity contribution in [2.24, 2.45) is 0 Å². The van der Waals surface area contributed by atoms with E-state index < -0.39 is 0 Å². The standard InChI is InChI=1S/C20H25N5O2S/c1-13-19(16-5-8-21-14(2)23-16)28-20(22-13)15-6-10-24(11-7-15)18(27)12-25-9-3-4-17(25)26/h5,8,15H,3-4,6-7,9-12H2,1-2H3. The summed E-state index contributed by atoms with van der Waals surface area (Å²) in [4.78, 5) is 42.5. The normalized spacial score (nSPS) is 18.1. The van der Waals surface area contributed by atoms with Crippen LogP contribution in [-0.2, 0) is 9.59 Å². The van der Waals surface area contributed by atoms with E-state index >= 15 is 0 Å². The van der Waals surface area contributed by atoms with E-state index in [-0.39, 0.29) is 18.4 Å². The minimum absolute atomic E-state index is 0.0705. The lowest BCUT2D eigenvalue weighted by Crippen LogP contribution is -2.44. The number of likely N-dealkylation sites (tertiary alicyclic amines) is 2. The summed E-state index contributed by atoms with van der Waals surface area (Å²) in [6, 6.07) is 1.93. The predicted molar refractivity (Wildman–Crippen MR) is 107 cm³/mol. The summed E-state index contributed by atoms with van der Waals surface area (Å²) in [5, 5.41) is 1.13. The summed E-state index contributed by atoms with van der Waals surface area (Å²) in [5.41, 5.74) is 1.93. The molecule has 2 aliphatic rings. The molecule has 0 aromatic carbocycles. The number of carbonyl (C=O) groups excluding carboxylic acids is 2. The number of carbonyl (C=O) groups is 2. The third-order valence-corrected chi connectivity index (χ3v) is 6.86. The molecule has 0 aliphatic carbocycles. The molecule has 2 fully saturated rings. The fourth-order valence-corrected chi connectivity index (χ4v) is 5.13. The Labute approximate surface area is 168 Å². The van der Waals surface area contributed by atoms with E-state index in [1.807, 2.05) is 24.8 Å². The van der Waals surface area contributed by atoms with Gasteiger partial charge < -0.3 is 9.80 Å². The highest BCUT2D eigenvalue weighted by molar-refractivity contribution is 7.15.